The number of allylic oxidation sites excluding steroid dienone is 2. The van der Waals surface area contributed by atoms with E-state index in [1.54, 1.807) is 12.4 Å². The summed E-state index contributed by atoms with van der Waals surface area (Å²) in [5, 5.41) is 0. The van der Waals surface area contributed by atoms with Crippen molar-refractivity contribution in [1.82, 2.24) is 0 Å². The predicted octanol–water partition coefficient (Wildman–Crippen LogP) is 1.62. The zero-order valence-electron chi connectivity index (χ0n) is 6.41. The van der Waals surface area contributed by atoms with Crippen molar-refractivity contribution in [2.75, 3.05) is 0 Å². The van der Waals surface area contributed by atoms with E-state index in [2.05, 4.69) is 0 Å². The summed E-state index contributed by atoms with van der Waals surface area (Å²) in [7, 11) is 0. The maximum absolute atomic E-state index is 10.3. The molecule has 1 aliphatic rings. The van der Waals surface area contributed by atoms with Gasteiger partial charge < -0.3 is 4.74 Å². The van der Waals surface area contributed by atoms with Gasteiger partial charge in [-0.05, 0) is 24.1 Å². The summed E-state index contributed by atoms with van der Waals surface area (Å²) < 4.78 is 5.22. The second kappa shape index (κ2) is 2.81. The minimum atomic E-state index is 0.286. The van der Waals surface area contributed by atoms with Crippen molar-refractivity contribution in [2.45, 2.75) is 6.42 Å². The Kier molecular flexibility index (Phi) is 1.67. The molecule has 1 radical (unpaired) electrons. The third-order valence-electron chi connectivity index (χ3n) is 1.80. The summed E-state index contributed by atoms with van der Waals surface area (Å²) >= 11 is 0. The van der Waals surface area contributed by atoms with Crippen molar-refractivity contribution in [3.8, 4) is 5.75 Å². The maximum Gasteiger partial charge on any atom is 0.271 e. The smallest absolute Gasteiger partial charge is 0.271 e. The lowest BCUT2D eigenvalue weighted by Crippen LogP contribution is -2.04. The largest absolute Gasteiger partial charge is 0.453 e. The summed E-state index contributed by atoms with van der Waals surface area (Å²) in [6, 6.07) is 7.66. The molecule has 2 nitrogen and oxygen atoms in total. The summed E-state index contributed by atoms with van der Waals surface area (Å²) in [5.41, 5.74) is 1.11. The Morgan fingerprint density at radius 3 is 3.00 bits per heavy atom. The fourth-order valence-corrected chi connectivity index (χ4v) is 1.20. The van der Waals surface area contributed by atoms with E-state index in [-0.39, 0.29) is 5.76 Å². The monoisotopic (exact) mass is 159 g/mol. The topological polar surface area (TPSA) is 26.3 Å². The molecule has 0 aromatic heterocycles. The number of para-hydroxylation sites is 1. The minimum absolute atomic E-state index is 0.286. The van der Waals surface area contributed by atoms with Gasteiger partial charge >= 0.3 is 0 Å². The van der Waals surface area contributed by atoms with E-state index in [1.165, 1.54) is 0 Å². The Labute approximate surface area is 70.5 Å². The van der Waals surface area contributed by atoms with Gasteiger partial charge in [0.2, 0.25) is 0 Å². The number of benzene rings is 1. The Morgan fingerprint density at radius 2 is 2.17 bits per heavy atom. The maximum atomic E-state index is 10.3. The first-order valence-electron chi connectivity index (χ1n) is 3.74. The quantitative estimate of drug-likeness (QED) is 0.622. The van der Waals surface area contributed by atoms with Gasteiger partial charge in [0.1, 0.15) is 5.75 Å². The molecule has 1 aromatic carbocycles. The van der Waals surface area contributed by atoms with E-state index in [4.69, 9.17) is 4.74 Å². The van der Waals surface area contributed by atoms with Crippen LogP contribution in [0.3, 0.4) is 0 Å². The minimum Gasteiger partial charge on any atom is -0.453 e. The Hall–Kier alpha value is -1.57. The van der Waals surface area contributed by atoms with Crippen molar-refractivity contribution in [2.24, 2.45) is 0 Å². The molecule has 1 aliphatic heterocycles. The first kappa shape index (κ1) is 7.10. The molecule has 0 bridgehead atoms. The van der Waals surface area contributed by atoms with Crippen LogP contribution >= 0.6 is 0 Å². The molecule has 0 spiro atoms. The molecular weight excluding hydrogens is 152 g/mol. The summed E-state index contributed by atoms with van der Waals surface area (Å²) in [4.78, 5) is 10.3. The SMILES string of the molecule is O=[C]C1=CCc2ccccc2O1. The van der Waals surface area contributed by atoms with Crippen molar-refractivity contribution in [1.29, 1.82) is 0 Å². The van der Waals surface area contributed by atoms with E-state index in [1.807, 2.05) is 24.3 Å². The lowest BCUT2D eigenvalue weighted by atomic mass is 10.1. The van der Waals surface area contributed by atoms with Crippen LogP contribution in [0.15, 0.2) is 36.1 Å². The van der Waals surface area contributed by atoms with E-state index >= 15 is 0 Å². The highest BCUT2D eigenvalue weighted by molar-refractivity contribution is 5.72. The standard InChI is InChI=1S/C10H7O2/c11-7-9-6-5-8-3-1-2-4-10(8)12-9/h1-4,6H,5H2. The highest BCUT2D eigenvalue weighted by Crippen LogP contribution is 2.24. The Balaban J connectivity index is 2.36. The second-order valence-corrected chi connectivity index (χ2v) is 2.58. The van der Waals surface area contributed by atoms with Crippen molar-refractivity contribution in [3.63, 3.8) is 0 Å². The van der Waals surface area contributed by atoms with E-state index in [9.17, 15) is 4.79 Å². The molecule has 12 heavy (non-hydrogen) atoms. The Morgan fingerprint density at radius 1 is 1.33 bits per heavy atom. The van der Waals surface area contributed by atoms with Gasteiger partial charge in [-0.3, -0.25) is 4.79 Å². The highest BCUT2D eigenvalue weighted by Gasteiger charge is 2.10. The van der Waals surface area contributed by atoms with Crippen LogP contribution in [0.4, 0.5) is 0 Å². The van der Waals surface area contributed by atoms with Gasteiger partial charge in [0.15, 0.2) is 5.76 Å². The molecule has 0 atom stereocenters. The first-order chi connectivity index (χ1) is 5.90. The van der Waals surface area contributed by atoms with Gasteiger partial charge in [0, 0.05) is 0 Å². The van der Waals surface area contributed by atoms with Crippen molar-refractivity contribution < 1.29 is 9.53 Å². The van der Waals surface area contributed by atoms with Crippen molar-refractivity contribution in [3.05, 3.63) is 41.7 Å². The van der Waals surface area contributed by atoms with Crippen LogP contribution in [-0.2, 0) is 11.2 Å². The summed E-state index contributed by atoms with van der Waals surface area (Å²) in [6.07, 6.45) is 4.22. The van der Waals surface area contributed by atoms with Gasteiger partial charge in [-0.1, -0.05) is 18.2 Å². The van der Waals surface area contributed by atoms with Gasteiger partial charge in [0.25, 0.3) is 6.29 Å². The second-order valence-electron chi connectivity index (χ2n) is 2.58. The highest BCUT2D eigenvalue weighted by atomic mass is 16.5. The van der Waals surface area contributed by atoms with Gasteiger partial charge in [-0.2, -0.15) is 0 Å². The van der Waals surface area contributed by atoms with Crippen LogP contribution in [0.25, 0.3) is 0 Å². The van der Waals surface area contributed by atoms with Crippen LogP contribution in [0.1, 0.15) is 5.56 Å². The summed E-state index contributed by atoms with van der Waals surface area (Å²) in [6.45, 7) is 0. The molecule has 0 saturated carbocycles. The number of fused-ring (bicyclic) bond motifs is 1. The number of rotatable bonds is 1. The number of ether oxygens (including phenoxy) is 1. The fraction of sp³-hybridized carbons (Fsp3) is 0.100. The molecule has 2 heteroatoms. The average molecular weight is 159 g/mol. The molecule has 1 heterocycles. The van der Waals surface area contributed by atoms with Crippen LogP contribution in [0, 0.1) is 0 Å². The average Bonchev–Trinajstić information content (AvgIpc) is 2.17. The van der Waals surface area contributed by atoms with Gasteiger partial charge in [-0.15, -0.1) is 0 Å². The Bertz CT molecular complexity index is 339. The zero-order chi connectivity index (χ0) is 8.39. The molecule has 0 fully saturated rings. The number of hydrogen-bond acceptors (Lipinski definition) is 2. The number of hydrogen-bond donors (Lipinski definition) is 0. The van der Waals surface area contributed by atoms with Gasteiger partial charge in [-0.25, -0.2) is 0 Å². The molecule has 0 aliphatic carbocycles. The van der Waals surface area contributed by atoms with E-state index in [0.29, 0.717) is 0 Å². The number of carbonyl (C=O) groups excluding carboxylic acids is 1. The first-order valence-corrected chi connectivity index (χ1v) is 3.74. The zero-order valence-corrected chi connectivity index (χ0v) is 6.41. The van der Waals surface area contributed by atoms with Crippen LogP contribution in [0.5, 0.6) is 5.75 Å². The van der Waals surface area contributed by atoms with E-state index < -0.39 is 0 Å². The summed E-state index contributed by atoms with van der Waals surface area (Å²) in [5.74, 6) is 1.05. The lowest BCUT2D eigenvalue weighted by molar-refractivity contribution is 0.424. The molecule has 59 valence electrons. The fourth-order valence-electron chi connectivity index (χ4n) is 1.20. The lowest BCUT2D eigenvalue weighted by Gasteiger charge is -2.13. The molecule has 1 aromatic rings. The van der Waals surface area contributed by atoms with E-state index in [0.717, 1.165) is 17.7 Å². The molecule has 0 unspecified atom stereocenters. The molecule has 2 rings (SSSR count). The molecular formula is C10H7O2. The third kappa shape index (κ3) is 1.11. The van der Waals surface area contributed by atoms with Crippen LogP contribution in [-0.4, -0.2) is 6.29 Å². The third-order valence-corrected chi connectivity index (χ3v) is 1.80. The normalized spacial score (nSPS) is 14.2. The predicted molar refractivity (Wildman–Crippen MR) is 44.6 cm³/mol. The molecule has 0 amide bonds. The van der Waals surface area contributed by atoms with Crippen LogP contribution in [0.2, 0.25) is 0 Å². The van der Waals surface area contributed by atoms with Crippen LogP contribution < -0.4 is 4.74 Å². The molecule has 0 saturated heterocycles. The van der Waals surface area contributed by atoms with Gasteiger partial charge in [0.05, 0.1) is 0 Å². The molecule has 0 N–H and O–H groups in total. The van der Waals surface area contributed by atoms with Crippen molar-refractivity contribution >= 4 is 6.29 Å².